The minimum absolute atomic E-state index is 0.0754. The van der Waals surface area contributed by atoms with Crippen LogP contribution in [-0.4, -0.2) is 41.7 Å². The molecule has 1 aromatic rings. The number of aliphatic hydroxyl groups excluding tert-OH is 1. The number of carbonyl (C=O) groups excluding carboxylic acids is 1. The fourth-order valence-corrected chi connectivity index (χ4v) is 3.17. The Bertz CT molecular complexity index is 495. The molecule has 1 saturated heterocycles. The molecule has 0 spiro atoms. The van der Waals surface area contributed by atoms with Crippen LogP contribution in [0.25, 0.3) is 0 Å². The number of hydrogen-bond acceptors (Lipinski definition) is 3. The summed E-state index contributed by atoms with van der Waals surface area (Å²) in [5, 5.41) is 10.5. The molecule has 1 fully saturated rings. The number of benzene rings is 1. The van der Waals surface area contributed by atoms with Gasteiger partial charge in [0.05, 0.1) is 6.10 Å². The van der Waals surface area contributed by atoms with Crippen molar-refractivity contribution < 1.29 is 14.6 Å². The number of amides is 1. The van der Waals surface area contributed by atoms with Gasteiger partial charge in [0.15, 0.2) is 0 Å². The summed E-state index contributed by atoms with van der Waals surface area (Å²) < 4.78 is 5.67. The number of piperidine rings is 1. The number of ether oxygens (including phenoxy) is 1. The van der Waals surface area contributed by atoms with Crippen molar-refractivity contribution in [1.29, 1.82) is 0 Å². The van der Waals surface area contributed by atoms with Gasteiger partial charge in [0.2, 0.25) is 0 Å². The number of hydrogen-bond donors (Lipinski definition) is 1. The Labute approximate surface area is 145 Å². The average Bonchev–Trinajstić information content (AvgIpc) is 2.61. The Morgan fingerprint density at radius 3 is 2.42 bits per heavy atom. The molecule has 0 saturated carbocycles. The van der Waals surface area contributed by atoms with Crippen molar-refractivity contribution in [3.05, 3.63) is 35.9 Å². The molecule has 24 heavy (non-hydrogen) atoms. The second-order valence-electron chi connectivity index (χ2n) is 7.21. The third-order valence-electron chi connectivity index (χ3n) is 4.85. The van der Waals surface area contributed by atoms with Crippen molar-refractivity contribution in [2.75, 3.05) is 19.7 Å². The third-order valence-corrected chi connectivity index (χ3v) is 4.85. The summed E-state index contributed by atoms with van der Waals surface area (Å²) in [5.41, 5.74) is 0.965. The molecule has 0 radical (unpaired) electrons. The van der Waals surface area contributed by atoms with Crippen LogP contribution in [0.15, 0.2) is 30.3 Å². The molecule has 0 aliphatic carbocycles. The highest BCUT2D eigenvalue weighted by Gasteiger charge is 2.30. The first-order chi connectivity index (χ1) is 11.5. The number of carbonyl (C=O) groups is 1. The zero-order chi connectivity index (χ0) is 17.5. The molecule has 2 atom stereocenters. The maximum atomic E-state index is 12.5. The van der Waals surface area contributed by atoms with Gasteiger partial charge in [-0.25, -0.2) is 0 Å². The van der Waals surface area contributed by atoms with Crippen molar-refractivity contribution in [3.8, 4) is 0 Å². The van der Waals surface area contributed by atoms with E-state index in [1.165, 1.54) is 0 Å². The van der Waals surface area contributed by atoms with Gasteiger partial charge in [-0.15, -0.1) is 0 Å². The molecule has 1 N–H and O–H groups in total. The quantitative estimate of drug-likeness (QED) is 0.832. The van der Waals surface area contributed by atoms with Gasteiger partial charge in [-0.05, 0) is 43.6 Å². The molecule has 0 bridgehead atoms. The van der Waals surface area contributed by atoms with Crippen LogP contribution in [0.1, 0.15) is 51.7 Å². The predicted molar refractivity (Wildman–Crippen MR) is 95.6 cm³/mol. The Morgan fingerprint density at radius 2 is 1.83 bits per heavy atom. The lowest BCUT2D eigenvalue weighted by Crippen LogP contribution is -2.44. The first kappa shape index (κ1) is 18.9. The van der Waals surface area contributed by atoms with Gasteiger partial charge in [0.25, 0.3) is 5.91 Å². The van der Waals surface area contributed by atoms with Crippen molar-refractivity contribution >= 4 is 5.91 Å². The summed E-state index contributed by atoms with van der Waals surface area (Å²) in [7, 11) is 0. The van der Waals surface area contributed by atoms with E-state index in [0.29, 0.717) is 25.6 Å². The van der Waals surface area contributed by atoms with Crippen molar-refractivity contribution in [1.82, 2.24) is 4.90 Å². The SMILES string of the molecule is CC(C)CCOC(C)C(=O)N1CCC(C(O)c2ccccc2)CC1. The lowest BCUT2D eigenvalue weighted by Gasteiger charge is -2.35. The largest absolute Gasteiger partial charge is 0.388 e. The van der Waals surface area contributed by atoms with Gasteiger partial charge in [0, 0.05) is 19.7 Å². The third kappa shape index (κ3) is 5.32. The first-order valence-corrected chi connectivity index (χ1v) is 9.12. The number of nitrogens with zero attached hydrogens (tertiary/aromatic N) is 1. The molecule has 1 aromatic carbocycles. The summed E-state index contributed by atoms with van der Waals surface area (Å²) in [6, 6.07) is 9.79. The van der Waals surface area contributed by atoms with E-state index in [-0.39, 0.29) is 17.9 Å². The van der Waals surface area contributed by atoms with Crippen molar-refractivity contribution in [2.24, 2.45) is 11.8 Å². The summed E-state index contributed by atoms with van der Waals surface area (Å²) in [6.07, 6.45) is 1.83. The average molecular weight is 333 g/mol. The van der Waals surface area contributed by atoms with Gasteiger partial charge in [-0.2, -0.15) is 0 Å². The summed E-state index contributed by atoms with van der Waals surface area (Å²) in [6.45, 7) is 8.18. The Hall–Kier alpha value is -1.39. The van der Waals surface area contributed by atoms with Crippen LogP contribution in [-0.2, 0) is 9.53 Å². The van der Waals surface area contributed by atoms with Crippen LogP contribution < -0.4 is 0 Å². The predicted octanol–water partition coefficient (Wildman–Crippen LogP) is 3.41. The molecule has 1 aliphatic rings. The molecule has 1 amide bonds. The standard InChI is InChI=1S/C20H31NO3/c1-15(2)11-14-24-16(3)20(23)21-12-9-18(10-13-21)19(22)17-7-5-4-6-8-17/h4-8,15-16,18-19,22H,9-14H2,1-3H3. The minimum atomic E-state index is -0.442. The van der Waals surface area contributed by atoms with E-state index >= 15 is 0 Å². The maximum absolute atomic E-state index is 12.5. The highest BCUT2D eigenvalue weighted by atomic mass is 16.5. The van der Waals surface area contributed by atoms with Crippen LogP contribution in [0.5, 0.6) is 0 Å². The number of likely N-dealkylation sites (tertiary alicyclic amines) is 1. The summed E-state index contributed by atoms with van der Waals surface area (Å²) in [5.74, 6) is 0.877. The lowest BCUT2D eigenvalue weighted by atomic mass is 9.87. The zero-order valence-corrected chi connectivity index (χ0v) is 15.1. The maximum Gasteiger partial charge on any atom is 0.251 e. The molecule has 2 unspecified atom stereocenters. The second-order valence-corrected chi connectivity index (χ2v) is 7.21. The highest BCUT2D eigenvalue weighted by Crippen LogP contribution is 2.30. The Balaban J connectivity index is 1.78. The molecular weight excluding hydrogens is 302 g/mol. The van der Waals surface area contributed by atoms with Gasteiger partial charge < -0.3 is 14.7 Å². The molecular formula is C20H31NO3. The van der Waals surface area contributed by atoms with E-state index in [0.717, 1.165) is 24.8 Å². The van der Waals surface area contributed by atoms with Crippen molar-refractivity contribution in [3.63, 3.8) is 0 Å². The van der Waals surface area contributed by atoms with Gasteiger partial charge >= 0.3 is 0 Å². The molecule has 1 aliphatic heterocycles. The fraction of sp³-hybridized carbons (Fsp3) is 0.650. The molecule has 1 heterocycles. The Morgan fingerprint density at radius 1 is 1.21 bits per heavy atom. The molecule has 4 heteroatoms. The molecule has 0 aromatic heterocycles. The second kappa shape index (κ2) is 9.19. The van der Waals surface area contributed by atoms with Gasteiger partial charge in [0.1, 0.15) is 6.10 Å². The molecule has 2 rings (SSSR count). The highest BCUT2D eigenvalue weighted by molar-refractivity contribution is 5.80. The fourth-order valence-electron chi connectivity index (χ4n) is 3.17. The van der Waals surface area contributed by atoms with E-state index in [2.05, 4.69) is 13.8 Å². The zero-order valence-electron chi connectivity index (χ0n) is 15.1. The lowest BCUT2D eigenvalue weighted by molar-refractivity contribution is -0.144. The van der Waals surface area contributed by atoms with Crippen LogP contribution in [0.2, 0.25) is 0 Å². The van der Waals surface area contributed by atoms with Crippen LogP contribution in [0.4, 0.5) is 0 Å². The van der Waals surface area contributed by atoms with Gasteiger partial charge in [-0.3, -0.25) is 4.79 Å². The normalized spacial score (nSPS) is 18.6. The van der Waals surface area contributed by atoms with E-state index in [4.69, 9.17) is 4.74 Å². The molecule has 4 nitrogen and oxygen atoms in total. The molecule has 134 valence electrons. The summed E-state index contributed by atoms with van der Waals surface area (Å²) >= 11 is 0. The van der Waals surface area contributed by atoms with E-state index in [1.54, 1.807) is 0 Å². The first-order valence-electron chi connectivity index (χ1n) is 9.12. The van der Waals surface area contributed by atoms with Crippen molar-refractivity contribution in [2.45, 2.75) is 52.2 Å². The van der Waals surface area contributed by atoms with Gasteiger partial charge in [-0.1, -0.05) is 44.2 Å². The minimum Gasteiger partial charge on any atom is -0.388 e. The Kier molecular flexibility index (Phi) is 7.25. The van der Waals surface area contributed by atoms with Crippen LogP contribution in [0, 0.1) is 11.8 Å². The number of rotatable bonds is 7. The van der Waals surface area contributed by atoms with Crippen LogP contribution >= 0.6 is 0 Å². The topological polar surface area (TPSA) is 49.8 Å². The van der Waals surface area contributed by atoms with E-state index in [1.807, 2.05) is 42.2 Å². The smallest absolute Gasteiger partial charge is 0.251 e. The summed E-state index contributed by atoms with van der Waals surface area (Å²) in [4.78, 5) is 14.3. The van der Waals surface area contributed by atoms with E-state index < -0.39 is 6.10 Å². The number of aliphatic hydroxyl groups is 1. The monoisotopic (exact) mass is 333 g/mol. The van der Waals surface area contributed by atoms with Crippen LogP contribution in [0.3, 0.4) is 0 Å². The van der Waals surface area contributed by atoms with E-state index in [9.17, 15) is 9.90 Å².